The molecule has 0 saturated heterocycles. The summed E-state index contributed by atoms with van der Waals surface area (Å²) in [6.07, 6.45) is 1.83. The molecule has 0 radical (unpaired) electrons. The molecule has 1 amide bonds. The lowest BCUT2D eigenvalue weighted by Gasteiger charge is -2.17. The van der Waals surface area contributed by atoms with E-state index in [9.17, 15) is 19.3 Å². The highest BCUT2D eigenvalue weighted by Gasteiger charge is 2.24. The predicted molar refractivity (Wildman–Crippen MR) is 119 cm³/mol. The van der Waals surface area contributed by atoms with Crippen LogP contribution < -0.4 is 5.32 Å². The fraction of sp³-hybridized carbons (Fsp3) is 0.391. The Labute approximate surface area is 183 Å². The van der Waals surface area contributed by atoms with Gasteiger partial charge >= 0.3 is 13.6 Å². The molecule has 7 nitrogen and oxygen atoms in total. The molecule has 2 N–H and O–H groups in total. The first kappa shape index (κ1) is 24.8. The fourth-order valence-corrected chi connectivity index (χ4v) is 4.86. The smallest absolute Gasteiger partial charge is 0.335 e. The van der Waals surface area contributed by atoms with Crippen molar-refractivity contribution in [3.05, 3.63) is 71.3 Å². The molecule has 0 saturated carbocycles. The Morgan fingerprint density at radius 2 is 1.58 bits per heavy atom. The van der Waals surface area contributed by atoms with Gasteiger partial charge in [-0.25, -0.2) is 4.79 Å². The zero-order chi connectivity index (χ0) is 22.7. The van der Waals surface area contributed by atoms with Crippen molar-refractivity contribution in [1.29, 1.82) is 0 Å². The van der Waals surface area contributed by atoms with Crippen LogP contribution in [0, 0.1) is 0 Å². The summed E-state index contributed by atoms with van der Waals surface area (Å²) < 4.78 is 23.2. The number of carboxylic acids is 1. The summed E-state index contributed by atoms with van der Waals surface area (Å²) in [6.45, 7) is 4.05. The molecule has 0 bridgehead atoms. The highest BCUT2D eigenvalue weighted by molar-refractivity contribution is 7.53. The molecule has 2 rings (SSSR count). The molecule has 0 spiro atoms. The van der Waals surface area contributed by atoms with Gasteiger partial charge in [0.2, 0.25) is 0 Å². The van der Waals surface area contributed by atoms with Gasteiger partial charge in [-0.1, -0.05) is 42.5 Å². The van der Waals surface area contributed by atoms with Gasteiger partial charge in [0.05, 0.1) is 19.4 Å². The molecule has 2 aromatic carbocycles. The maximum atomic E-state index is 12.6. The lowest BCUT2D eigenvalue weighted by molar-refractivity contribution is -0.139. The number of hydrogen-bond donors (Lipinski definition) is 2. The molecule has 31 heavy (non-hydrogen) atoms. The van der Waals surface area contributed by atoms with Gasteiger partial charge in [0.15, 0.2) is 0 Å². The van der Waals surface area contributed by atoms with E-state index in [0.29, 0.717) is 24.0 Å². The Morgan fingerprint density at radius 1 is 0.968 bits per heavy atom. The highest BCUT2D eigenvalue weighted by atomic mass is 31.2. The van der Waals surface area contributed by atoms with Gasteiger partial charge in [0, 0.05) is 5.56 Å². The average Bonchev–Trinajstić information content (AvgIpc) is 2.74. The number of hydrogen-bond acceptors (Lipinski definition) is 5. The summed E-state index contributed by atoms with van der Waals surface area (Å²) in [5.41, 5.74) is 2.17. The summed E-state index contributed by atoms with van der Waals surface area (Å²) >= 11 is 0. The number of rotatable bonds is 13. The number of benzene rings is 2. The number of carboxylic acid groups (broad SMARTS) is 1. The second-order valence-electron chi connectivity index (χ2n) is 7.04. The predicted octanol–water partition coefficient (Wildman–Crippen LogP) is 4.66. The van der Waals surface area contributed by atoms with Crippen molar-refractivity contribution < 1.29 is 28.3 Å². The number of carbonyl (C=O) groups is 2. The number of nitrogens with one attached hydrogen (secondary N) is 1. The highest BCUT2D eigenvalue weighted by Crippen LogP contribution is 2.51. The SMILES string of the molecule is CCOP(=O)(Cc1ccc(C(=O)N[C@H](CCCc2ccccc2)C(=O)O)cc1)OCC. The second-order valence-corrected chi connectivity index (χ2v) is 9.10. The van der Waals surface area contributed by atoms with Gasteiger partial charge in [-0.15, -0.1) is 0 Å². The van der Waals surface area contributed by atoms with Crippen LogP contribution in [-0.4, -0.2) is 36.2 Å². The lowest BCUT2D eigenvalue weighted by Crippen LogP contribution is -2.40. The molecule has 1 atom stereocenters. The summed E-state index contributed by atoms with van der Waals surface area (Å²) in [5, 5.41) is 12.1. The Morgan fingerprint density at radius 3 is 2.13 bits per heavy atom. The number of aryl methyl sites for hydroxylation is 1. The van der Waals surface area contributed by atoms with Crippen LogP contribution in [0.2, 0.25) is 0 Å². The number of aliphatic carboxylic acids is 1. The zero-order valence-corrected chi connectivity index (χ0v) is 18.8. The maximum Gasteiger partial charge on any atom is 0.335 e. The van der Waals surface area contributed by atoms with Gasteiger partial charge in [0.1, 0.15) is 6.04 Å². The first-order valence-electron chi connectivity index (χ1n) is 10.4. The number of amides is 1. The molecule has 0 unspecified atom stereocenters. The van der Waals surface area contributed by atoms with Crippen molar-refractivity contribution in [2.45, 2.75) is 45.3 Å². The minimum absolute atomic E-state index is 0.105. The second kappa shape index (κ2) is 12.4. The summed E-state index contributed by atoms with van der Waals surface area (Å²) in [7, 11) is -3.23. The Hall–Kier alpha value is -2.47. The van der Waals surface area contributed by atoms with Crippen molar-refractivity contribution in [2.24, 2.45) is 0 Å². The lowest BCUT2D eigenvalue weighted by atomic mass is 10.0. The Balaban J connectivity index is 1.94. The molecule has 0 aliphatic rings. The molecule has 0 aromatic heterocycles. The largest absolute Gasteiger partial charge is 0.480 e. The topological polar surface area (TPSA) is 102 Å². The minimum Gasteiger partial charge on any atom is -0.480 e. The minimum atomic E-state index is -3.23. The molecule has 0 aliphatic heterocycles. The monoisotopic (exact) mass is 447 g/mol. The first-order chi connectivity index (χ1) is 14.9. The van der Waals surface area contributed by atoms with Crippen molar-refractivity contribution in [3.8, 4) is 0 Å². The van der Waals surface area contributed by atoms with E-state index in [1.54, 1.807) is 38.1 Å². The van der Waals surface area contributed by atoms with Crippen LogP contribution in [0.25, 0.3) is 0 Å². The van der Waals surface area contributed by atoms with E-state index in [1.807, 2.05) is 30.3 Å². The van der Waals surface area contributed by atoms with Crippen molar-refractivity contribution in [2.75, 3.05) is 13.2 Å². The Kier molecular flexibility index (Phi) is 9.92. The van der Waals surface area contributed by atoms with E-state index in [4.69, 9.17) is 9.05 Å². The van der Waals surface area contributed by atoms with E-state index in [1.165, 1.54) is 0 Å². The molecule has 0 aliphatic carbocycles. The standard InChI is InChI=1S/C23H30NO6P/c1-3-29-31(28,30-4-2)17-19-13-15-20(16-14-19)22(25)24-21(23(26)27)12-8-11-18-9-6-5-7-10-18/h5-7,9-10,13-16,21H,3-4,8,11-12,17H2,1-2H3,(H,24,25)(H,26,27)/t21-/m1/s1. The van der Waals surface area contributed by atoms with Gasteiger partial charge in [-0.2, -0.15) is 0 Å². The third-order valence-electron chi connectivity index (χ3n) is 4.65. The average molecular weight is 447 g/mol. The molecule has 0 heterocycles. The molecular formula is C23H30NO6P. The summed E-state index contributed by atoms with van der Waals surface area (Å²) in [4.78, 5) is 24.1. The first-order valence-corrected chi connectivity index (χ1v) is 12.1. The van der Waals surface area contributed by atoms with E-state index >= 15 is 0 Å². The Bertz CT molecular complexity index is 875. The fourth-order valence-electron chi connectivity index (χ4n) is 3.16. The van der Waals surface area contributed by atoms with Crippen LogP contribution in [-0.2, 0) is 31.0 Å². The van der Waals surface area contributed by atoms with Crippen molar-refractivity contribution >= 4 is 19.5 Å². The maximum absolute atomic E-state index is 12.6. The zero-order valence-electron chi connectivity index (χ0n) is 18.0. The van der Waals surface area contributed by atoms with E-state index in [0.717, 1.165) is 12.0 Å². The van der Waals surface area contributed by atoms with Crippen LogP contribution in [0.5, 0.6) is 0 Å². The van der Waals surface area contributed by atoms with Crippen LogP contribution in [0.4, 0.5) is 0 Å². The van der Waals surface area contributed by atoms with Crippen LogP contribution in [0.15, 0.2) is 54.6 Å². The summed E-state index contributed by atoms with van der Waals surface area (Å²) in [5.74, 6) is -1.52. The third-order valence-corrected chi connectivity index (χ3v) is 6.70. The number of carbonyl (C=O) groups excluding carboxylic acids is 1. The van der Waals surface area contributed by atoms with E-state index in [2.05, 4.69) is 5.32 Å². The van der Waals surface area contributed by atoms with Gasteiger partial charge in [0.25, 0.3) is 5.91 Å². The van der Waals surface area contributed by atoms with E-state index in [-0.39, 0.29) is 19.4 Å². The van der Waals surface area contributed by atoms with Gasteiger partial charge in [-0.05, 0) is 56.4 Å². The van der Waals surface area contributed by atoms with Crippen LogP contribution >= 0.6 is 7.60 Å². The van der Waals surface area contributed by atoms with Crippen molar-refractivity contribution in [1.82, 2.24) is 5.32 Å². The quantitative estimate of drug-likeness (QED) is 0.433. The van der Waals surface area contributed by atoms with E-state index < -0.39 is 25.5 Å². The molecule has 0 fully saturated rings. The molecular weight excluding hydrogens is 417 g/mol. The normalized spacial score (nSPS) is 12.3. The summed E-state index contributed by atoms with van der Waals surface area (Å²) in [6, 6.07) is 15.3. The molecule has 2 aromatic rings. The van der Waals surface area contributed by atoms with Gasteiger partial charge in [-0.3, -0.25) is 9.36 Å². The third kappa shape index (κ3) is 8.29. The van der Waals surface area contributed by atoms with Crippen LogP contribution in [0.1, 0.15) is 48.2 Å². The van der Waals surface area contributed by atoms with Crippen molar-refractivity contribution in [3.63, 3.8) is 0 Å². The van der Waals surface area contributed by atoms with Gasteiger partial charge < -0.3 is 19.5 Å². The van der Waals surface area contributed by atoms with Crippen LogP contribution in [0.3, 0.4) is 0 Å². The molecule has 8 heteroatoms. The molecule has 168 valence electrons.